The predicted octanol–water partition coefficient (Wildman–Crippen LogP) is 1.79. The number of aromatic nitrogens is 1. The van der Waals surface area contributed by atoms with Crippen LogP contribution >= 0.6 is 0 Å². The third-order valence-corrected chi connectivity index (χ3v) is 1.78. The molecule has 5 heteroatoms. The van der Waals surface area contributed by atoms with Crippen molar-refractivity contribution >= 4 is 15.7 Å². The molecular weight excluding hydrogens is 200 g/mol. The topological polar surface area (TPSA) is 59.1 Å². The molecule has 0 saturated carbocycles. The van der Waals surface area contributed by atoms with Gasteiger partial charge in [-0.25, -0.2) is 8.42 Å². The fraction of sp³-hybridized carbons (Fsp3) is 0.444. The first-order valence-corrected chi connectivity index (χ1v) is 6.26. The molecule has 0 saturated heterocycles. The van der Waals surface area contributed by atoms with Gasteiger partial charge in [-0.2, -0.15) is 0 Å². The van der Waals surface area contributed by atoms with Crippen molar-refractivity contribution in [3.8, 4) is 0 Å². The number of hydrogen-bond donors (Lipinski definition) is 1. The van der Waals surface area contributed by atoms with Crippen LogP contribution in [0.5, 0.6) is 0 Å². The van der Waals surface area contributed by atoms with E-state index < -0.39 is 10.0 Å². The number of aryl methyl sites for hydroxylation is 1. The van der Waals surface area contributed by atoms with Gasteiger partial charge < -0.3 is 0 Å². The summed E-state index contributed by atoms with van der Waals surface area (Å²) in [5.74, 6) is 0. The van der Waals surface area contributed by atoms with E-state index in [0.29, 0.717) is 5.69 Å². The van der Waals surface area contributed by atoms with E-state index in [1.807, 2.05) is 20.8 Å². The summed E-state index contributed by atoms with van der Waals surface area (Å²) < 4.78 is 23.9. The highest BCUT2D eigenvalue weighted by Crippen LogP contribution is 2.07. The first kappa shape index (κ1) is 12.9. The van der Waals surface area contributed by atoms with E-state index in [9.17, 15) is 8.42 Å². The van der Waals surface area contributed by atoms with Gasteiger partial charge in [0.15, 0.2) is 0 Å². The molecule has 1 aromatic rings. The molecule has 0 spiro atoms. The molecular formula is C9H16N2O2S. The molecule has 4 nitrogen and oxygen atoms in total. The van der Waals surface area contributed by atoms with Crippen LogP contribution < -0.4 is 4.72 Å². The molecule has 0 unspecified atom stereocenters. The van der Waals surface area contributed by atoms with Crippen LogP contribution in [-0.4, -0.2) is 19.7 Å². The summed E-state index contributed by atoms with van der Waals surface area (Å²) in [6.45, 7) is 5.85. The van der Waals surface area contributed by atoms with E-state index in [1.54, 1.807) is 12.3 Å². The van der Waals surface area contributed by atoms with Crippen LogP contribution in [0.3, 0.4) is 0 Å². The van der Waals surface area contributed by atoms with E-state index in [2.05, 4.69) is 9.71 Å². The highest BCUT2D eigenvalue weighted by molar-refractivity contribution is 7.92. The Morgan fingerprint density at radius 2 is 1.86 bits per heavy atom. The molecule has 1 rings (SSSR count). The van der Waals surface area contributed by atoms with Crippen molar-refractivity contribution in [2.24, 2.45) is 0 Å². The Morgan fingerprint density at radius 1 is 1.29 bits per heavy atom. The fourth-order valence-corrected chi connectivity index (χ4v) is 1.36. The summed E-state index contributed by atoms with van der Waals surface area (Å²) in [5, 5.41) is 0. The Morgan fingerprint density at radius 3 is 2.29 bits per heavy atom. The van der Waals surface area contributed by atoms with Gasteiger partial charge in [-0.1, -0.05) is 13.8 Å². The molecule has 0 atom stereocenters. The standard InChI is InChI=1S/C7H10N2O2S.C2H6/c1-6-3-7(5-8-4-6)9-12(2,10)11;1-2/h3-5,9H,1-2H3;1-2H3. The summed E-state index contributed by atoms with van der Waals surface area (Å²) in [6, 6.07) is 1.72. The lowest BCUT2D eigenvalue weighted by Gasteiger charge is -2.02. The van der Waals surface area contributed by atoms with Crippen molar-refractivity contribution in [3.05, 3.63) is 24.0 Å². The number of nitrogens with zero attached hydrogens (tertiary/aromatic N) is 1. The lowest BCUT2D eigenvalue weighted by molar-refractivity contribution is 0.607. The van der Waals surface area contributed by atoms with Crippen molar-refractivity contribution in [2.75, 3.05) is 11.0 Å². The maximum atomic E-state index is 10.8. The van der Waals surface area contributed by atoms with Crippen LogP contribution in [0.1, 0.15) is 19.4 Å². The molecule has 80 valence electrons. The quantitative estimate of drug-likeness (QED) is 0.820. The van der Waals surface area contributed by atoms with Crippen LogP contribution in [0.15, 0.2) is 18.5 Å². The van der Waals surface area contributed by atoms with E-state index in [4.69, 9.17) is 0 Å². The summed E-state index contributed by atoms with van der Waals surface area (Å²) in [6.07, 6.45) is 4.23. The summed E-state index contributed by atoms with van der Waals surface area (Å²) in [4.78, 5) is 3.84. The highest BCUT2D eigenvalue weighted by atomic mass is 32.2. The predicted molar refractivity (Wildman–Crippen MR) is 58.8 cm³/mol. The van der Waals surface area contributed by atoms with Gasteiger partial charge in [0.2, 0.25) is 10.0 Å². The molecule has 0 aliphatic heterocycles. The summed E-state index contributed by atoms with van der Waals surface area (Å²) >= 11 is 0. The Kier molecular flexibility index (Phi) is 5.15. The minimum absolute atomic E-state index is 0.498. The van der Waals surface area contributed by atoms with E-state index in [1.165, 1.54) is 6.20 Å². The van der Waals surface area contributed by atoms with E-state index in [0.717, 1.165) is 11.8 Å². The molecule has 0 aliphatic carbocycles. The molecule has 14 heavy (non-hydrogen) atoms. The average molecular weight is 216 g/mol. The lowest BCUT2D eigenvalue weighted by Crippen LogP contribution is -2.09. The second kappa shape index (κ2) is 5.59. The first-order valence-electron chi connectivity index (χ1n) is 4.37. The molecule has 0 amide bonds. The van der Waals surface area contributed by atoms with E-state index >= 15 is 0 Å². The number of pyridine rings is 1. The zero-order chi connectivity index (χ0) is 11.2. The normalized spacial score (nSPS) is 10.0. The van der Waals surface area contributed by atoms with Crippen LogP contribution in [0.25, 0.3) is 0 Å². The van der Waals surface area contributed by atoms with Crippen LogP contribution in [0, 0.1) is 6.92 Å². The number of sulfonamides is 1. The van der Waals surface area contributed by atoms with Crippen LogP contribution in [0.2, 0.25) is 0 Å². The number of anilines is 1. The zero-order valence-electron chi connectivity index (χ0n) is 8.90. The number of hydrogen-bond acceptors (Lipinski definition) is 3. The highest BCUT2D eigenvalue weighted by Gasteiger charge is 2.00. The van der Waals surface area contributed by atoms with Gasteiger partial charge in [-0.15, -0.1) is 0 Å². The second-order valence-electron chi connectivity index (χ2n) is 2.63. The van der Waals surface area contributed by atoms with Crippen molar-refractivity contribution in [1.82, 2.24) is 4.98 Å². The molecule has 0 fully saturated rings. The Hall–Kier alpha value is -1.10. The van der Waals surface area contributed by atoms with Gasteiger partial charge in [-0.3, -0.25) is 9.71 Å². The van der Waals surface area contributed by atoms with Crippen LogP contribution in [0.4, 0.5) is 5.69 Å². The molecule has 1 aromatic heterocycles. The van der Waals surface area contributed by atoms with Crippen molar-refractivity contribution in [1.29, 1.82) is 0 Å². The van der Waals surface area contributed by atoms with Crippen molar-refractivity contribution in [2.45, 2.75) is 20.8 Å². The summed E-state index contributed by atoms with van der Waals surface area (Å²) in [7, 11) is -3.18. The lowest BCUT2D eigenvalue weighted by atomic mass is 10.3. The van der Waals surface area contributed by atoms with Crippen LogP contribution in [-0.2, 0) is 10.0 Å². The van der Waals surface area contributed by atoms with Gasteiger partial charge in [0.25, 0.3) is 0 Å². The molecule has 1 N–H and O–H groups in total. The van der Waals surface area contributed by atoms with Gasteiger partial charge in [0.05, 0.1) is 18.1 Å². The average Bonchev–Trinajstić information content (AvgIpc) is 2.04. The molecule has 0 aromatic carbocycles. The summed E-state index contributed by atoms with van der Waals surface area (Å²) in [5.41, 5.74) is 1.42. The monoisotopic (exact) mass is 216 g/mol. The largest absolute Gasteiger partial charge is 0.282 e. The van der Waals surface area contributed by atoms with Gasteiger partial charge in [0.1, 0.15) is 0 Å². The third-order valence-electron chi connectivity index (χ3n) is 1.18. The van der Waals surface area contributed by atoms with Crippen molar-refractivity contribution < 1.29 is 8.42 Å². The molecule has 0 bridgehead atoms. The minimum atomic E-state index is -3.18. The first-order chi connectivity index (χ1) is 6.47. The molecule has 1 heterocycles. The molecule has 0 radical (unpaired) electrons. The van der Waals surface area contributed by atoms with Crippen molar-refractivity contribution in [3.63, 3.8) is 0 Å². The SMILES string of the molecule is CC.Cc1cncc(NS(C)(=O)=O)c1. The maximum Gasteiger partial charge on any atom is 0.229 e. The minimum Gasteiger partial charge on any atom is -0.282 e. The third kappa shape index (κ3) is 5.53. The van der Waals surface area contributed by atoms with E-state index in [-0.39, 0.29) is 0 Å². The van der Waals surface area contributed by atoms with Gasteiger partial charge in [0, 0.05) is 6.20 Å². The van der Waals surface area contributed by atoms with Gasteiger partial charge >= 0.3 is 0 Å². The fourth-order valence-electron chi connectivity index (χ4n) is 0.825. The Labute approximate surface area is 85.4 Å². The molecule has 0 aliphatic rings. The second-order valence-corrected chi connectivity index (χ2v) is 4.37. The number of nitrogens with one attached hydrogen (secondary N) is 1. The Balaban J connectivity index is 0.000000791. The number of rotatable bonds is 2. The Bertz CT molecular complexity index is 374. The maximum absolute atomic E-state index is 10.8. The van der Waals surface area contributed by atoms with Gasteiger partial charge in [-0.05, 0) is 18.6 Å². The zero-order valence-corrected chi connectivity index (χ0v) is 9.72. The smallest absolute Gasteiger partial charge is 0.229 e.